The summed E-state index contributed by atoms with van der Waals surface area (Å²) in [5.74, 6) is -0.199. The lowest BCUT2D eigenvalue weighted by Crippen LogP contribution is -2.29. The molecule has 1 unspecified atom stereocenters. The molecule has 0 spiro atoms. The van der Waals surface area contributed by atoms with Gasteiger partial charge in [-0.1, -0.05) is 55.3 Å². The molecule has 2 aromatic rings. The van der Waals surface area contributed by atoms with Crippen molar-refractivity contribution in [3.63, 3.8) is 0 Å². The third-order valence-corrected chi connectivity index (χ3v) is 5.29. The Balaban J connectivity index is 0.00000225. The third-order valence-electron chi connectivity index (χ3n) is 4.88. The van der Waals surface area contributed by atoms with Crippen molar-refractivity contribution in [3.8, 4) is 11.5 Å². The largest absolute Gasteiger partial charge is 0.504 e. The number of aromatic hydroxyl groups is 2. The molecule has 0 amide bonds. The van der Waals surface area contributed by atoms with E-state index >= 15 is 0 Å². The zero-order chi connectivity index (χ0) is 17.1. The standard InChI is InChI=1S/C20H24ClNO2.BrH/c1-2-3-10-22-11-9-15-16(12-18(23)20(24)19(15)21)17(13-22)14-7-5-4-6-8-14;/h4-8,12,17,23-24H,2-3,9-11,13H2,1H3;1H. The first-order valence-electron chi connectivity index (χ1n) is 8.62. The number of unbranched alkanes of at least 4 members (excludes halogenated alkanes) is 1. The molecule has 1 atom stereocenters. The number of halogens is 2. The van der Waals surface area contributed by atoms with Crippen molar-refractivity contribution in [2.24, 2.45) is 0 Å². The van der Waals surface area contributed by atoms with E-state index in [1.54, 1.807) is 6.07 Å². The molecule has 3 nitrogen and oxygen atoms in total. The maximum Gasteiger partial charge on any atom is 0.176 e. The fourth-order valence-corrected chi connectivity index (χ4v) is 3.82. The highest BCUT2D eigenvalue weighted by atomic mass is 79.9. The highest BCUT2D eigenvalue weighted by Gasteiger charge is 2.28. The van der Waals surface area contributed by atoms with E-state index in [0.717, 1.165) is 37.2 Å². The first-order chi connectivity index (χ1) is 11.6. The molecular weight excluding hydrogens is 402 g/mol. The zero-order valence-electron chi connectivity index (χ0n) is 14.4. The molecule has 0 saturated heterocycles. The zero-order valence-corrected chi connectivity index (χ0v) is 16.9. The topological polar surface area (TPSA) is 43.7 Å². The van der Waals surface area contributed by atoms with Gasteiger partial charge in [0.05, 0.1) is 5.02 Å². The minimum Gasteiger partial charge on any atom is -0.504 e. The smallest absolute Gasteiger partial charge is 0.176 e. The molecule has 136 valence electrons. The Morgan fingerprint density at radius 3 is 2.60 bits per heavy atom. The number of phenols is 2. The molecule has 0 bridgehead atoms. The molecule has 1 aliphatic heterocycles. The second-order valence-electron chi connectivity index (χ2n) is 6.49. The molecule has 0 aromatic heterocycles. The maximum atomic E-state index is 10.1. The average molecular weight is 427 g/mol. The van der Waals surface area contributed by atoms with Crippen LogP contribution in [0.1, 0.15) is 42.4 Å². The van der Waals surface area contributed by atoms with Crippen LogP contribution in [-0.4, -0.2) is 34.7 Å². The van der Waals surface area contributed by atoms with Gasteiger partial charge < -0.3 is 15.1 Å². The van der Waals surface area contributed by atoms with E-state index in [2.05, 4.69) is 24.0 Å². The van der Waals surface area contributed by atoms with Gasteiger partial charge in [0.25, 0.3) is 0 Å². The molecular formula is C20H25BrClNO2. The fourth-order valence-electron chi connectivity index (χ4n) is 3.52. The first-order valence-corrected chi connectivity index (χ1v) is 9.00. The first kappa shape index (κ1) is 20.1. The summed E-state index contributed by atoms with van der Waals surface area (Å²) in [6.07, 6.45) is 3.12. The van der Waals surface area contributed by atoms with Gasteiger partial charge in [0, 0.05) is 19.0 Å². The Labute approximate surface area is 165 Å². The molecule has 2 aromatic carbocycles. The Morgan fingerprint density at radius 2 is 1.92 bits per heavy atom. The van der Waals surface area contributed by atoms with Crippen molar-refractivity contribution >= 4 is 28.6 Å². The van der Waals surface area contributed by atoms with Gasteiger partial charge in [-0.3, -0.25) is 0 Å². The van der Waals surface area contributed by atoms with Gasteiger partial charge >= 0.3 is 0 Å². The summed E-state index contributed by atoms with van der Waals surface area (Å²) in [5, 5.41) is 20.4. The SMILES string of the molecule is Br.CCCCN1CCc2c(cc(O)c(O)c2Cl)C(c2ccccc2)C1. The minimum atomic E-state index is -0.204. The monoisotopic (exact) mass is 425 g/mol. The molecule has 0 saturated carbocycles. The van der Waals surface area contributed by atoms with Crippen molar-refractivity contribution in [2.45, 2.75) is 32.1 Å². The second kappa shape index (κ2) is 8.93. The Kier molecular flexibility index (Phi) is 7.17. The quantitative estimate of drug-likeness (QED) is 0.667. The number of rotatable bonds is 4. The van der Waals surface area contributed by atoms with Crippen molar-refractivity contribution < 1.29 is 10.2 Å². The number of hydrogen-bond donors (Lipinski definition) is 2. The van der Waals surface area contributed by atoms with Crippen molar-refractivity contribution in [1.29, 1.82) is 0 Å². The Bertz CT molecular complexity index is 709. The number of hydrogen-bond acceptors (Lipinski definition) is 3. The van der Waals surface area contributed by atoms with Crippen LogP contribution in [-0.2, 0) is 6.42 Å². The number of phenolic OH excluding ortho intramolecular Hbond substituents is 2. The van der Waals surface area contributed by atoms with Gasteiger partial charge in [-0.2, -0.15) is 0 Å². The summed E-state index contributed by atoms with van der Waals surface area (Å²) in [6.45, 7) is 5.08. The highest BCUT2D eigenvalue weighted by Crippen LogP contribution is 2.43. The molecule has 1 aliphatic rings. The van der Waals surface area contributed by atoms with Gasteiger partial charge in [0.15, 0.2) is 11.5 Å². The van der Waals surface area contributed by atoms with Crippen LogP contribution < -0.4 is 0 Å². The molecule has 3 rings (SSSR count). The summed E-state index contributed by atoms with van der Waals surface area (Å²) < 4.78 is 0. The fraction of sp³-hybridized carbons (Fsp3) is 0.400. The van der Waals surface area contributed by atoms with E-state index in [1.807, 2.05) is 18.2 Å². The van der Waals surface area contributed by atoms with E-state index in [1.165, 1.54) is 18.4 Å². The molecule has 1 heterocycles. The lowest BCUT2D eigenvalue weighted by molar-refractivity contribution is 0.272. The Morgan fingerprint density at radius 1 is 1.20 bits per heavy atom. The van der Waals surface area contributed by atoms with E-state index in [9.17, 15) is 10.2 Å². The van der Waals surface area contributed by atoms with Crippen LogP contribution in [0.25, 0.3) is 0 Å². The van der Waals surface area contributed by atoms with Crippen LogP contribution in [0.2, 0.25) is 5.02 Å². The van der Waals surface area contributed by atoms with E-state index < -0.39 is 0 Å². The lowest BCUT2D eigenvalue weighted by Gasteiger charge is -2.25. The van der Waals surface area contributed by atoms with Gasteiger partial charge in [-0.25, -0.2) is 0 Å². The number of nitrogens with zero attached hydrogens (tertiary/aromatic N) is 1. The molecule has 2 N–H and O–H groups in total. The normalized spacial score (nSPS) is 17.4. The van der Waals surface area contributed by atoms with Crippen LogP contribution in [0, 0.1) is 0 Å². The Hall–Kier alpha value is -1.23. The van der Waals surface area contributed by atoms with Gasteiger partial charge in [-0.05, 0) is 42.1 Å². The van der Waals surface area contributed by atoms with Crippen LogP contribution in [0.4, 0.5) is 0 Å². The lowest BCUT2D eigenvalue weighted by atomic mass is 9.87. The van der Waals surface area contributed by atoms with E-state index in [0.29, 0.717) is 5.02 Å². The summed E-state index contributed by atoms with van der Waals surface area (Å²) in [6, 6.07) is 12.0. The molecule has 0 aliphatic carbocycles. The van der Waals surface area contributed by atoms with Crippen LogP contribution in [0.15, 0.2) is 36.4 Å². The predicted octanol–water partition coefficient (Wildman–Crippen LogP) is 5.12. The van der Waals surface area contributed by atoms with Gasteiger partial charge in [0.1, 0.15) is 0 Å². The predicted molar refractivity (Wildman–Crippen MR) is 108 cm³/mol. The van der Waals surface area contributed by atoms with Crippen molar-refractivity contribution in [2.75, 3.05) is 19.6 Å². The highest BCUT2D eigenvalue weighted by molar-refractivity contribution is 8.93. The van der Waals surface area contributed by atoms with Gasteiger partial charge in [0.2, 0.25) is 0 Å². The average Bonchev–Trinajstić information content (AvgIpc) is 2.78. The summed E-state index contributed by atoms with van der Waals surface area (Å²) in [5.41, 5.74) is 3.20. The second-order valence-corrected chi connectivity index (χ2v) is 6.87. The number of benzene rings is 2. The van der Waals surface area contributed by atoms with Crippen molar-refractivity contribution in [3.05, 3.63) is 58.1 Å². The molecule has 25 heavy (non-hydrogen) atoms. The summed E-state index contributed by atoms with van der Waals surface area (Å²) in [4.78, 5) is 2.46. The number of fused-ring (bicyclic) bond motifs is 1. The third kappa shape index (κ3) is 4.30. The maximum absolute atomic E-state index is 10.1. The van der Waals surface area contributed by atoms with Crippen LogP contribution >= 0.6 is 28.6 Å². The molecule has 0 radical (unpaired) electrons. The van der Waals surface area contributed by atoms with E-state index in [4.69, 9.17) is 11.6 Å². The van der Waals surface area contributed by atoms with Crippen LogP contribution in [0.5, 0.6) is 11.5 Å². The van der Waals surface area contributed by atoms with Crippen molar-refractivity contribution in [1.82, 2.24) is 4.90 Å². The van der Waals surface area contributed by atoms with E-state index in [-0.39, 0.29) is 34.4 Å². The minimum absolute atomic E-state index is 0. The van der Waals surface area contributed by atoms with Gasteiger partial charge in [-0.15, -0.1) is 17.0 Å². The molecule has 5 heteroatoms. The summed E-state index contributed by atoms with van der Waals surface area (Å²) in [7, 11) is 0. The summed E-state index contributed by atoms with van der Waals surface area (Å²) >= 11 is 6.37. The van der Waals surface area contributed by atoms with Crippen LogP contribution in [0.3, 0.4) is 0 Å². The molecule has 0 fully saturated rings.